The minimum Gasteiger partial charge on any atom is -0.450 e. The van der Waals surface area contributed by atoms with Crippen LogP contribution in [-0.2, 0) is 17.7 Å². The molecule has 7 nitrogen and oxygen atoms in total. The maximum Gasteiger partial charge on any atom is 0.410 e. The molecule has 3 aromatic carbocycles. The van der Waals surface area contributed by atoms with Gasteiger partial charge in [0.1, 0.15) is 0 Å². The molecule has 8 heteroatoms. The van der Waals surface area contributed by atoms with E-state index in [1.807, 2.05) is 30.3 Å². The van der Waals surface area contributed by atoms with Crippen LogP contribution in [0.3, 0.4) is 0 Å². The minimum atomic E-state index is -0.453. The Labute approximate surface area is 194 Å². The van der Waals surface area contributed by atoms with E-state index < -0.39 is 11.0 Å². The molecule has 1 aliphatic heterocycles. The predicted octanol–water partition coefficient (Wildman–Crippen LogP) is 6.13. The number of nitrogens with zero attached hydrogens (tertiary/aromatic N) is 3. The summed E-state index contributed by atoms with van der Waals surface area (Å²) in [6.45, 7) is 2.80. The molecule has 1 aromatic heterocycles. The van der Waals surface area contributed by atoms with Gasteiger partial charge in [0.2, 0.25) is 0 Å². The Balaban J connectivity index is 1.82. The van der Waals surface area contributed by atoms with Crippen molar-refractivity contribution in [2.45, 2.75) is 19.9 Å². The van der Waals surface area contributed by atoms with Crippen molar-refractivity contribution in [2.24, 2.45) is 0 Å². The maximum absolute atomic E-state index is 12.5. The molecule has 33 heavy (non-hydrogen) atoms. The Morgan fingerprint density at radius 1 is 1.18 bits per heavy atom. The summed E-state index contributed by atoms with van der Waals surface area (Å²) in [7, 11) is 0. The summed E-state index contributed by atoms with van der Waals surface area (Å²) in [5.41, 5.74) is 3.36. The smallest absolute Gasteiger partial charge is 0.410 e. The van der Waals surface area contributed by atoms with Crippen LogP contribution in [0.1, 0.15) is 18.1 Å². The van der Waals surface area contributed by atoms with Crippen LogP contribution >= 0.6 is 11.6 Å². The molecule has 0 aliphatic carbocycles. The standard InChI is InChI=1S/C25H20ClN3O4/c1-2-33-25(30)28-12-11-18-20(14-28)24(19-9-8-16(26)13-22(19)29(31)32)27-21-10-7-15-5-3-4-6-17(15)23(18)21/h3-10,13H,2,11-12,14H2,1H3. The number of amides is 1. The second-order valence-corrected chi connectivity index (χ2v) is 8.32. The SMILES string of the molecule is CCOC(=O)N1CCc2c(c(-c3ccc(Cl)cc3[N+](=O)[O-])nc3ccc4ccccc4c23)C1. The molecule has 0 saturated carbocycles. The molecule has 0 unspecified atom stereocenters. The van der Waals surface area contributed by atoms with Crippen LogP contribution in [0.15, 0.2) is 54.6 Å². The molecule has 1 aliphatic rings. The van der Waals surface area contributed by atoms with Gasteiger partial charge in [0.05, 0.1) is 34.8 Å². The summed E-state index contributed by atoms with van der Waals surface area (Å²) in [5, 5.41) is 15.3. The highest BCUT2D eigenvalue weighted by atomic mass is 35.5. The number of pyridine rings is 1. The van der Waals surface area contributed by atoms with E-state index >= 15 is 0 Å². The molecule has 166 valence electrons. The zero-order chi connectivity index (χ0) is 23.1. The largest absolute Gasteiger partial charge is 0.450 e. The number of hydrogen-bond donors (Lipinski definition) is 0. The number of rotatable bonds is 3. The van der Waals surface area contributed by atoms with Gasteiger partial charge in [-0.1, -0.05) is 41.9 Å². The van der Waals surface area contributed by atoms with Crippen LogP contribution in [0.4, 0.5) is 10.5 Å². The van der Waals surface area contributed by atoms with Crippen LogP contribution in [-0.4, -0.2) is 34.1 Å². The second kappa shape index (κ2) is 8.33. The predicted molar refractivity (Wildman–Crippen MR) is 127 cm³/mol. The Kier molecular flexibility index (Phi) is 5.34. The molecule has 1 amide bonds. The van der Waals surface area contributed by atoms with Crippen molar-refractivity contribution in [1.29, 1.82) is 0 Å². The van der Waals surface area contributed by atoms with Gasteiger partial charge in [0.15, 0.2) is 0 Å². The molecular formula is C25H20ClN3O4. The van der Waals surface area contributed by atoms with Crippen molar-refractivity contribution in [3.05, 3.63) is 80.9 Å². The van der Waals surface area contributed by atoms with Crippen molar-refractivity contribution >= 4 is 45.1 Å². The van der Waals surface area contributed by atoms with E-state index in [1.54, 1.807) is 24.0 Å². The number of ether oxygens (including phenoxy) is 1. The van der Waals surface area contributed by atoms with Crippen molar-refractivity contribution < 1.29 is 14.5 Å². The lowest BCUT2D eigenvalue weighted by Crippen LogP contribution is -2.37. The molecule has 0 fully saturated rings. The zero-order valence-corrected chi connectivity index (χ0v) is 18.6. The number of benzene rings is 3. The van der Waals surface area contributed by atoms with Gasteiger partial charge in [0, 0.05) is 28.6 Å². The molecule has 4 aromatic rings. The monoisotopic (exact) mass is 461 g/mol. The van der Waals surface area contributed by atoms with Gasteiger partial charge in [-0.25, -0.2) is 9.78 Å². The maximum atomic E-state index is 12.5. The second-order valence-electron chi connectivity index (χ2n) is 7.89. The summed E-state index contributed by atoms with van der Waals surface area (Å²) in [6, 6.07) is 16.6. The molecule has 0 saturated heterocycles. The van der Waals surface area contributed by atoms with E-state index in [4.69, 9.17) is 21.3 Å². The van der Waals surface area contributed by atoms with E-state index in [0.717, 1.165) is 32.8 Å². The molecule has 5 rings (SSSR count). The van der Waals surface area contributed by atoms with Gasteiger partial charge in [-0.3, -0.25) is 10.1 Å². The fraction of sp³-hybridized carbons (Fsp3) is 0.200. The number of hydrogen-bond acceptors (Lipinski definition) is 5. The van der Waals surface area contributed by atoms with Crippen LogP contribution in [0.5, 0.6) is 0 Å². The Morgan fingerprint density at radius 2 is 2.00 bits per heavy atom. The lowest BCUT2D eigenvalue weighted by molar-refractivity contribution is -0.384. The third-order valence-electron chi connectivity index (χ3n) is 6.01. The van der Waals surface area contributed by atoms with Crippen molar-refractivity contribution in [3.8, 4) is 11.3 Å². The third-order valence-corrected chi connectivity index (χ3v) is 6.24. The molecule has 0 atom stereocenters. The quantitative estimate of drug-likeness (QED) is 0.208. The first kappa shape index (κ1) is 21.2. The first-order valence-electron chi connectivity index (χ1n) is 10.7. The summed E-state index contributed by atoms with van der Waals surface area (Å²) >= 11 is 6.06. The normalized spacial score (nSPS) is 13.2. The summed E-state index contributed by atoms with van der Waals surface area (Å²) in [4.78, 5) is 30.4. The summed E-state index contributed by atoms with van der Waals surface area (Å²) < 4.78 is 5.22. The lowest BCUT2D eigenvalue weighted by atomic mass is 9.89. The number of halogens is 1. The van der Waals surface area contributed by atoms with E-state index in [2.05, 4.69) is 6.07 Å². The average Bonchev–Trinajstić information content (AvgIpc) is 2.83. The number of fused-ring (bicyclic) bond motifs is 5. The zero-order valence-electron chi connectivity index (χ0n) is 17.9. The van der Waals surface area contributed by atoms with Gasteiger partial charge in [0.25, 0.3) is 5.69 Å². The summed E-state index contributed by atoms with van der Waals surface area (Å²) in [5.74, 6) is 0. The number of aromatic nitrogens is 1. The fourth-order valence-corrected chi connectivity index (χ4v) is 4.73. The van der Waals surface area contributed by atoms with Crippen LogP contribution in [0.2, 0.25) is 5.02 Å². The van der Waals surface area contributed by atoms with Gasteiger partial charge < -0.3 is 9.64 Å². The van der Waals surface area contributed by atoms with Crippen LogP contribution in [0.25, 0.3) is 32.9 Å². The fourth-order valence-electron chi connectivity index (χ4n) is 4.56. The average molecular weight is 462 g/mol. The number of nitro groups is 1. The third kappa shape index (κ3) is 3.64. The Morgan fingerprint density at radius 3 is 2.79 bits per heavy atom. The topological polar surface area (TPSA) is 85.6 Å². The number of carbonyl (C=O) groups excluding carboxylic acids is 1. The summed E-state index contributed by atoms with van der Waals surface area (Å²) in [6.07, 6.45) is 0.188. The molecule has 2 heterocycles. The van der Waals surface area contributed by atoms with E-state index in [1.165, 1.54) is 6.07 Å². The first-order chi connectivity index (χ1) is 16.0. The van der Waals surface area contributed by atoms with E-state index in [9.17, 15) is 14.9 Å². The van der Waals surface area contributed by atoms with E-state index in [-0.39, 0.29) is 23.9 Å². The molecule has 0 radical (unpaired) electrons. The minimum absolute atomic E-state index is 0.120. The molecule has 0 bridgehead atoms. The highest BCUT2D eigenvalue weighted by Gasteiger charge is 2.30. The lowest BCUT2D eigenvalue weighted by Gasteiger charge is -2.30. The Hall–Kier alpha value is -3.71. The first-order valence-corrected chi connectivity index (χ1v) is 11.0. The molecular weight excluding hydrogens is 442 g/mol. The number of carbonyl (C=O) groups is 1. The van der Waals surface area contributed by atoms with Gasteiger partial charge in [-0.2, -0.15) is 0 Å². The van der Waals surface area contributed by atoms with Gasteiger partial charge in [-0.05, 0) is 47.9 Å². The van der Waals surface area contributed by atoms with Crippen molar-refractivity contribution in [3.63, 3.8) is 0 Å². The van der Waals surface area contributed by atoms with Crippen LogP contribution in [0, 0.1) is 10.1 Å². The van der Waals surface area contributed by atoms with E-state index in [0.29, 0.717) is 24.2 Å². The molecule has 0 spiro atoms. The highest BCUT2D eigenvalue weighted by molar-refractivity contribution is 6.31. The van der Waals surface area contributed by atoms with Gasteiger partial charge >= 0.3 is 6.09 Å². The van der Waals surface area contributed by atoms with Crippen molar-refractivity contribution in [2.75, 3.05) is 13.2 Å². The highest BCUT2D eigenvalue weighted by Crippen LogP contribution is 2.40. The Bertz CT molecular complexity index is 1440. The van der Waals surface area contributed by atoms with Crippen LogP contribution < -0.4 is 0 Å². The number of nitro benzene ring substituents is 1. The van der Waals surface area contributed by atoms with Crippen molar-refractivity contribution in [1.82, 2.24) is 9.88 Å². The van der Waals surface area contributed by atoms with Gasteiger partial charge in [-0.15, -0.1) is 0 Å². The molecule has 0 N–H and O–H groups in total.